The molecule has 0 spiro atoms. The predicted octanol–water partition coefficient (Wildman–Crippen LogP) is 4.91. The molecule has 4 rings (SSSR count). The molecule has 3 aromatic carbocycles. The second-order valence-corrected chi connectivity index (χ2v) is 9.59. The largest absolute Gasteiger partial charge is 0.324 e. The van der Waals surface area contributed by atoms with E-state index in [0.29, 0.717) is 30.9 Å². The lowest BCUT2D eigenvalue weighted by Gasteiger charge is -2.35. The summed E-state index contributed by atoms with van der Waals surface area (Å²) in [6.45, 7) is 2.74. The van der Waals surface area contributed by atoms with Crippen LogP contribution in [0, 0.1) is 18.6 Å². The average molecular weight is 472 g/mol. The Labute approximate surface area is 191 Å². The standard InChI is InChI=1S/C24H23F2N3O3S/c1-17-3-10-22(11-4-17)33(31,32)27-20-6-8-21(9-7-20)29-14-2-13-28(24(29)30)16-18-15-19(25)5-12-23(18)26/h3-12,15,27H,2,13-14,16H2,1H3. The van der Waals surface area contributed by atoms with Crippen molar-refractivity contribution in [3.05, 3.63) is 89.5 Å². The highest BCUT2D eigenvalue weighted by molar-refractivity contribution is 7.92. The maximum atomic E-state index is 14.0. The molecule has 33 heavy (non-hydrogen) atoms. The Balaban J connectivity index is 1.47. The molecule has 6 nitrogen and oxygen atoms in total. The lowest BCUT2D eigenvalue weighted by atomic mass is 10.1. The molecule has 9 heteroatoms. The number of rotatable bonds is 6. The molecule has 0 saturated carbocycles. The van der Waals surface area contributed by atoms with Gasteiger partial charge in [0.25, 0.3) is 10.0 Å². The van der Waals surface area contributed by atoms with E-state index in [1.165, 1.54) is 17.0 Å². The Morgan fingerprint density at radius 2 is 1.64 bits per heavy atom. The summed E-state index contributed by atoms with van der Waals surface area (Å²) in [5, 5.41) is 0. The van der Waals surface area contributed by atoms with Crippen molar-refractivity contribution in [3.8, 4) is 0 Å². The highest BCUT2D eigenvalue weighted by Gasteiger charge is 2.27. The summed E-state index contributed by atoms with van der Waals surface area (Å²) in [6.07, 6.45) is 0.657. The number of nitrogens with one attached hydrogen (secondary N) is 1. The molecule has 0 atom stereocenters. The van der Waals surface area contributed by atoms with Crippen LogP contribution in [0.1, 0.15) is 17.5 Å². The van der Waals surface area contributed by atoms with Crippen LogP contribution in [-0.4, -0.2) is 32.4 Å². The van der Waals surface area contributed by atoms with Crippen LogP contribution < -0.4 is 9.62 Å². The zero-order valence-electron chi connectivity index (χ0n) is 18.0. The van der Waals surface area contributed by atoms with Crippen LogP contribution in [0.25, 0.3) is 0 Å². The van der Waals surface area contributed by atoms with Gasteiger partial charge in [-0.25, -0.2) is 22.0 Å². The van der Waals surface area contributed by atoms with E-state index in [1.807, 2.05) is 6.92 Å². The summed E-state index contributed by atoms with van der Waals surface area (Å²) >= 11 is 0. The van der Waals surface area contributed by atoms with Gasteiger partial charge in [-0.2, -0.15) is 0 Å². The number of anilines is 2. The first-order valence-electron chi connectivity index (χ1n) is 10.4. The maximum Gasteiger partial charge on any atom is 0.324 e. The number of hydrogen-bond acceptors (Lipinski definition) is 3. The van der Waals surface area contributed by atoms with Crippen molar-refractivity contribution < 1.29 is 22.0 Å². The molecular formula is C24H23F2N3O3S. The van der Waals surface area contributed by atoms with Gasteiger partial charge in [0.15, 0.2) is 0 Å². The van der Waals surface area contributed by atoms with Gasteiger partial charge in [-0.15, -0.1) is 0 Å². The summed E-state index contributed by atoms with van der Waals surface area (Å²) in [5.74, 6) is -1.12. The fourth-order valence-corrected chi connectivity index (χ4v) is 4.74. The number of sulfonamides is 1. The van der Waals surface area contributed by atoms with Gasteiger partial charge in [0.1, 0.15) is 11.6 Å². The number of carbonyl (C=O) groups excluding carboxylic acids is 1. The number of carbonyl (C=O) groups is 1. The first kappa shape index (κ1) is 22.7. The molecule has 1 aliphatic rings. The SMILES string of the molecule is Cc1ccc(S(=O)(=O)Nc2ccc(N3CCCN(Cc4cc(F)ccc4F)C3=O)cc2)cc1. The molecule has 0 aromatic heterocycles. The minimum atomic E-state index is -3.73. The zero-order chi connectivity index (χ0) is 23.6. The van der Waals surface area contributed by atoms with Gasteiger partial charge in [0.05, 0.1) is 11.4 Å². The molecule has 1 N–H and O–H groups in total. The second kappa shape index (κ2) is 9.19. The maximum absolute atomic E-state index is 14.0. The lowest BCUT2D eigenvalue weighted by Crippen LogP contribution is -2.49. The second-order valence-electron chi connectivity index (χ2n) is 7.91. The van der Waals surface area contributed by atoms with E-state index >= 15 is 0 Å². The quantitative estimate of drug-likeness (QED) is 0.556. The molecule has 1 fully saturated rings. The number of benzene rings is 3. The van der Waals surface area contributed by atoms with Crippen LogP contribution in [0.4, 0.5) is 25.0 Å². The van der Waals surface area contributed by atoms with E-state index in [-0.39, 0.29) is 23.0 Å². The van der Waals surface area contributed by atoms with Gasteiger partial charge in [-0.3, -0.25) is 9.62 Å². The van der Waals surface area contributed by atoms with E-state index in [9.17, 15) is 22.0 Å². The number of aryl methyl sites for hydroxylation is 1. The van der Waals surface area contributed by atoms with E-state index < -0.39 is 21.7 Å². The minimum Gasteiger partial charge on any atom is -0.320 e. The summed E-state index contributed by atoms with van der Waals surface area (Å²) < 4.78 is 55.2. The summed E-state index contributed by atoms with van der Waals surface area (Å²) in [4.78, 5) is 16.1. The first-order valence-corrected chi connectivity index (χ1v) is 11.9. The van der Waals surface area contributed by atoms with Gasteiger partial charge in [0, 0.05) is 30.0 Å². The molecule has 1 saturated heterocycles. The van der Waals surface area contributed by atoms with Crippen LogP contribution in [-0.2, 0) is 16.6 Å². The van der Waals surface area contributed by atoms with Crippen molar-refractivity contribution in [2.45, 2.75) is 24.8 Å². The smallest absolute Gasteiger partial charge is 0.320 e. The average Bonchev–Trinajstić information content (AvgIpc) is 2.78. The normalized spacial score (nSPS) is 14.5. The Bertz CT molecular complexity index is 1260. The van der Waals surface area contributed by atoms with Crippen molar-refractivity contribution in [2.75, 3.05) is 22.7 Å². The van der Waals surface area contributed by atoms with Gasteiger partial charge >= 0.3 is 6.03 Å². The van der Waals surface area contributed by atoms with Crippen molar-refractivity contribution in [1.82, 2.24) is 4.90 Å². The van der Waals surface area contributed by atoms with Crippen molar-refractivity contribution in [2.24, 2.45) is 0 Å². The Morgan fingerprint density at radius 3 is 2.33 bits per heavy atom. The first-order chi connectivity index (χ1) is 15.7. The van der Waals surface area contributed by atoms with Crippen LogP contribution in [0.15, 0.2) is 71.6 Å². The third-order valence-electron chi connectivity index (χ3n) is 5.44. The van der Waals surface area contributed by atoms with Gasteiger partial charge in [0.2, 0.25) is 0 Å². The summed E-state index contributed by atoms with van der Waals surface area (Å²) in [6, 6.07) is 15.8. The molecule has 0 unspecified atom stereocenters. The van der Waals surface area contributed by atoms with Crippen molar-refractivity contribution in [1.29, 1.82) is 0 Å². The van der Waals surface area contributed by atoms with Crippen LogP contribution >= 0.6 is 0 Å². The number of halogens is 2. The van der Waals surface area contributed by atoms with Crippen molar-refractivity contribution >= 4 is 27.4 Å². The van der Waals surface area contributed by atoms with Gasteiger partial charge in [-0.1, -0.05) is 17.7 Å². The highest BCUT2D eigenvalue weighted by Crippen LogP contribution is 2.25. The number of nitrogens with zero attached hydrogens (tertiary/aromatic N) is 2. The van der Waals surface area contributed by atoms with E-state index in [1.54, 1.807) is 41.3 Å². The zero-order valence-corrected chi connectivity index (χ0v) is 18.8. The van der Waals surface area contributed by atoms with E-state index in [0.717, 1.165) is 23.8 Å². The molecule has 0 bridgehead atoms. The Hall–Kier alpha value is -3.46. The lowest BCUT2D eigenvalue weighted by molar-refractivity contribution is 0.191. The van der Waals surface area contributed by atoms with E-state index in [2.05, 4.69) is 4.72 Å². The minimum absolute atomic E-state index is 0.0344. The van der Waals surface area contributed by atoms with Gasteiger partial charge in [-0.05, 0) is 67.9 Å². The molecule has 3 aromatic rings. The number of hydrogen-bond donors (Lipinski definition) is 1. The summed E-state index contributed by atoms with van der Waals surface area (Å²) in [5.41, 5.74) is 2.02. The summed E-state index contributed by atoms with van der Waals surface area (Å²) in [7, 11) is -3.73. The molecule has 0 radical (unpaired) electrons. The molecular weight excluding hydrogens is 448 g/mol. The third-order valence-corrected chi connectivity index (χ3v) is 6.84. The van der Waals surface area contributed by atoms with Crippen LogP contribution in [0.5, 0.6) is 0 Å². The van der Waals surface area contributed by atoms with E-state index in [4.69, 9.17) is 0 Å². The van der Waals surface area contributed by atoms with Crippen molar-refractivity contribution in [3.63, 3.8) is 0 Å². The van der Waals surface area contributed by atoms with Crippen LogP contribution in [0.3, 0.4) is 0 Å². The topological polar surface area (TPSA) is 69.7 Å². The highest BCUT2D eigenvalue weighted by atomic mass is 32.2. The molecule has 0 aliphatic carbocycles. The Morgan fingerprint density at radius 1 is 0.939 bits per heavy atom. The molecule has 1 aliphatic heterocycles. The number of urea groups is 1. The predicted molar refractivity (Wildman–Crippen MR) is 123 cm³/mol. The third kappa shape index (κ3) is 5.14. The fraction of sp³-hybridized carbons (Fsp3) is 0.208. The fourth-order valence-electron chi connectivity index (χ4n) is 3.68. The molecule has 2 amide bonds. The Kier molecular flexibility index (Phi) is 6.33. The number of amides is 2. The van der Waals surface area contributed by atoms with Crippen LogP contribution in [0.2, 0.25) is 0 Å². The van der Waals surface area contributed by atoms with Gasteiger partial charge < -0.3 is 4.90 Å². The monoisotopic (exact) mass is 471 g/mol. The molecule has 1 heterocycles. The molecule has 172 valence electrons.